The van der Waals surface area contributed by atoms with Gasteiger partial charge in [-0.1, -0.05) is 86.1 Å². The third kappa shape index (κ3) is 6.54. The van der Waals surface area contributed by atoms with Crippen molar-refractivity contribution in [3.63, 3.8) is 0 Å². The number of fused-ring (bicyclic) bond motifs is 1. The zero-order valence-corrected chi connectivity index (χ0v) is 24.0. The van der Waals surface area contributed by atoms with E-state index in [1.54, 1.807) is 36.4 Å². The monoisotopic (exact) mass is 581 g/mol. The molecule has 0 spiro atoms. The van der Waals surface area contributed by atoms with Crippen LogP contribution in [0.25, 0.3) is 0 Å². The highest BCUT2D eigenvalue weighted by Crippen LogP contribution is 2.30. The Morgan fingerprint density at radius 1 is 0.950 bits per heavy atom. The molecular formula is C30H32ClN3O5S. The van der Waals surface area contributed by atoms with Gasteiger partial charge in [-0.05, 0) is 35.2 Å². The van der Waals surface area contributed by atoms with Crippen LogP contribution >= 0.6 is 11.6 Å². The Kier molecular flexibility index (Phi) is 9.27. The molecule has 0 bridgehead atoms. The van der Waals surface area contributed by atoms with E-state index in [2.05, 4.69) is 5.32 Å². The van der Waals surface area contributed by atoms with Crippen LogP contribution in [0.2, 0.25) is 5.02 Å². The molecule has 3 amide bonds. The second kappa shape index (κ2) is 12.7. The van der Waals surface area contributed by atoms with Gasteiger partial charge >= 0.3 is 0 Å². The van der Waals surface area contributed by atoms with E-state index < -0.39 is 27.9 Å². The van der Waals surface area contributed by atoms with Crippen LogP contribution in [0.4, 0.5) is 0 Å². The molecule has 0 radical (unpaired) electrons. The Balaban J connectivity index is 1.64. The molecule has 1 heterocycles. The van der Waals surface area contributed by atoms with Crippen molar-refractivity contribution in [3.05, 3.63) is 101 Å². The van der Waals surface area contributed by atoms with Crippen LogP contribution in [-0.4, -0.2) is 54.5 Å². The summed E-state index contributed by atoms with van der Waals surface area (Å²) in [5.41, 5.74) is 1.58. The summed E-state index contributed by atoms with van der Waals surface area (Å²) >= 11 is 6.44. The van der Waals surface area contributed by atoms with Crippen LogP contribution in [0.3, 0.4) is 0 Å². The molecule has 0 fully saturated rings. The predicted octanol–water partition coefficient (Wildman–Crippen LogP) is 4.29. The van der Waals surface area contributed by atoms with Crippen LogP contribution in [0.5, 0.6) is 0 Å². The normalized spacial score (nSPS) is 14.6. The average Bonchev–Trinajstić information content (AvgIpc) is 3.13. The number of carbonyl (C=O) groups is 3. The van der Waals surface area contributed by atoms with Gasteiger partial charge in [0, 0.05) is 37.5 Å². The van der Waals surface area contributed by atoms with Crippen molar-refractivity contribution in [2.24, 2.45) is 5.92 Å². The highest BCUT2D eigenvalue weighted by molar-refractivity contribution is 7.90. The van der Waals surface area contributed by atoms with Crippen molar-refractivity contribution in [3.8, 4) is 0 Å². The Morgan fingerprint density at radius 2 is 1.60 bits per heavy atom. The van der Waals surface area contributed by atoms with Gasteiger partial charge in [-0.3, -0.25) is 14.4 Å². The maximum Gasteiger partial charge on any atom is 0.269 e. The zero-order valence-electron chi connectivity index (χ0n) is 22.4. The molecule has 0 aromatic heterocycles. The lowest BCUT2D eigenvalue weighted by molar-refractivity contribution is -0.141. The molecule has 1 N–H and O–H groups in total. The molecule has 3 aromatic carbocycles. The Morgan fingerprint density at radius 3 is 2.27 bits per heavy atom. The summed E-state index contributed by atoms with van der Waals surface area (Å²) in [4.78, 5) is 41.7. The van der Waals surface area contributed by atoms with E-state index in [-0.39, 0.29) is 48.2 Å². The molecule has 210 valence electrons. The molecule has 1 atom stereocenters. The van der Waals surface area contributed by atoms with Crippen molar-refractivity contribution in [2.45, 2.75) is 44.2 Å². The molecule has 0 saturated carbocycles. The number of nitrogens with one attached hydrogen (secondary N) is 1. The van der Waals surface area contributed by atoms with E-state index in [9.17, 15) is 22.8 Å². The van der Waals surface area contributed by atoms with Crippen molar-refractivity contribution < 1.29 is 22.8 Å². The first-order valence-electron chi connectivity index (χ1n) is 13.1. The summed E-state index contributed by atoms with van der Waals surface area (Å²) in [7, 11) is -4.07. The number of hydrogen-bond donors (Lipinski definition) is 1. The van der Waals surface area contributed by atoms with Gasteiger partial charge < -0.3 is 10.2 Å². The lowest BCUT2D eigenvalue weighted by atomic mass is 10.0. The van der Waals surface area contributed by atoms with Crippen LogP contribution in [0.15, 0.2) is 83.8 Å². The van der Waals surface area contributed by atoms with Crippen LogP contribution in [-0.2, 0) is 32.6 Å². The predicted molar refractivity (Wildman–Crippen MR) is 153 cm³/mol. The van der Waals surface area contributed by atoms with E-state index in [0.29, 0.717) is 17.1 Å². The standard InChI is InChI=1S/C30H32ClN3O5S/c1-21(2)19-32-29(36)26(18-22-10-4-3-5-11-22)33(20-23-12-6-8-14-25(23)31)28(35)16-17-34-30(37)24-13-7-9-15-27(24)40(34,38)39/h3-15,21,26H,16-20H2,1-2H3,(H,32,36)/t26-/m0/s1. The summed E-state index contributed by atoms with van der Waals surface area (Å²) in [6.07, 6.45) is -0.0560. The minimum absolute atomic E-state index is 0.0338. The molecule has 0 aliphatic carbocycles. The van der Waals surface area contributed by atoms with E-state index in [1.165, 1.54) is 17.0 Å². The third-order valence-corrected chi connectivity index (χ3v) is 8.90. The molecule has 1 aliphatic heterocycles. The number of rotatable bonds is 11. The van der Waals surface area contributed by atoms with Gasteiger partial charge in [-0.15, -0.1) is 0 Å². The van der Waals surface area contributed by atoms with E-state index >= 15 is 0 Å². The Labute approximate surface area is 240 Å². The van der Waals surface area contributed by atoms with Crippen molar-refractivity contribution in [1.29, 1.82) is 0 Å². The number of benzene rings is 3. The summed E-state index contributed by atoms with van der Waals surface area (Å²) in [6, 6.07) is 21.5. The van der Waals surface area contributed by atoms with Crippen molar-refractivity contribution >= 4 is 39.3 Å². The van der Waals surface area contributed by atoms with Crippen LogP contribution in [0.1, 0.15) is 41.8 Å². The van der Waals surface area contributed by atoms with Gasteiger partial charge in [0.1, 0.15) is 10.9 Å². The maximum absolute atomic E-state index is 13.9. The number of nitrogens with zero attached hydrogens (tertiary/aromatic N) is 2. The number of carbonyl (C=O) groups excluding carboxylic acids is 3. The smallest absolute Gasteiger partial charge is 0.269 e. The fourth-order valence-corrected chi connectivity index (χ4v) is 6.34. The molecule has 10 heteroatoms. The maximum atomic E-state index is 13.9. The SMILES string of the molecule is CC(C)CNC(=O)[C@H](Cc1ccccc1)N(Cc1ccccc1Cl)C(=O)CCN1C(=O)c2ccccc2S1(=O)=O. The van der Waals surface area contributed by atoms with Crippen LogP contribution < -0.4 is 5.32 Å². The van der Waals surface area contributed by atoms with E-state index in [1.807, 2.05) is 44.2 Å². The molecule has 0 unspecified atom stereocenters. The fourth-order valence-electron chi connectivity index (χ4n) is 4.58. The number of sulfonamides is 1. The number of amides is 3. The second-order valence-electron chi connectivity index (χ2n) is 10.1. The molecule has 1 aliphatic rings. The van der Waals surface area contributed by atoms with Gasteiger partial charge in [-0.25, -0.2) is 12.7 Å². The summed E-state index contributed by atoms with van der Waals surface area (Å²) in [5, 5.41) is 3.38. The third-order valence-electron chi connectivity index (χ3n) is 6.69. The summed E-state index contributed by atoms with van der Waals surface area (Å²) < 4.78 is 26.8. The van der Waals surface area contributed by atoms with Gasteiger partial charge in [0.15, 0.2) is 0 Å². The first-order valence-corrected chi connectivity index (χ1v) is 14.9. The fraction of sp³-hybridized carbons (Fsp3) is 0.300. The number of halogens is 1. The molecule has 8 nitrogen and oxygen atoms in total. The molecular weight excluding hydrogens is 550 g/mol. The first kappa shape index (κ1) is 29.3. The minimum Gasteiger partial charge on any atom is -0.354 e. The van der Waals surface area contributed by atoms with Gasteiger partial charge in [-0.2, -0.15) is 0 Å². The topological polar surface area (TPSA) is 104 Å². The Hall–Kier alpha value is -3.69. The van der Waals surface area contributed by atoms with Gasteiger partial charge in [0.25, 0.3) is 15.9 Å². The molecule has 40 heavy (non-hydrogen) atoms. The van der Waals surface area contributed by atoms with Gasteiger partial charge in [0.05, 0.1) is 5.56 Å². The largest absolute Gasteiger partial charge is 0.354 e. The lowest BCUT2D eigenvalue weighted by Crippen LogP contribution is -2.51. The minimum atomic E-state index is -4.07. The summed E-state index contributed by atoms with van der Waals surface area (Å²) in [5.74, 6) is -1.27. The van der Waals surface area contributed by atoms with Gasteiger partial charge in [0.2, 0.25) is 11.8 Å². The van der Waals surface area contributed by atoms with E-state index in [4.69, 9.17) is 11.6 Å². The average molecular weight is 582 g/mol. The molecule has 0 saturated heterocycles. The zero-order chi connectivity index (χ0) is 28.9. The number of hydrogen-bond acceptors (Lipinski definition) is 5. The van der Waals surface area contributed by atoms with E-state index in [0.717, 1.165) is 9.87 Å². The van der Waals surface area contributed by atoms with Crippen LogP contribution in [0, 0.1) is 5.92 Å². The highest BCUT2D eigenvalue weighted by Gasteiger charge is 2.41. The van der Waals surface area contributed by atoms with Crippen molar-refractivity contribution in [2.75, 3.05) is 13.1 Å². The first-order chi connectivity index (χ1) is 19.1. The Bertz CT molecular complexity index is 1490. The quantitative estimate of drug-likeness (QED) is 0.364. The molecule has 4 rings (SSSR count). The highest BCUT2D eigenvalue weighted by atomic mass is 35.5. The lowest BCUT2D eigenvalue weighted by Gasteiger charge is -2.32. The molecule has 3 aromatic rings. The van der Waals surface area contributed by atoms with Crippen molar-refractivity contribution in [1.82, 2.24) is 14.5 Å². The second-order valence-corrected chi connectivity index (χ2v) is 12.3. The summed E-state index contributed by atoms with van der Waals surface area (Å²) in [6.45, 7) is 4.07.